The number of aromatic nitrogens is 4. The molecule has 0 aliphatic carbocycles. The van der Waals surface area contributed by atoms with Gasteiger partial charge in [0.2, 0.25) is 0 Å². The van der Waals surface area contributed by atoms with E-state index in [1.165, 1.54) is 0 Å². The molecular weight excluding hydrogens is 338 g/mol. The zero-order valence-electron chi connectivity index (χ0n) is 12.2. The molecule has 0 unspecified atom stereocenters. The Labute approximate surface area is 124 Å². The van der Waals surface area contributed by atoms with Crippen LogP contribution in [0.1, 0.15) is 0 Å². The highest BCUT2D eigenvalue weighted by atomic mass is 79.9. The van der Waals surface area contributed by atoms with Crippen LogP contribution >= 0.6 is 15.9 Å². The van der Waals surface area contributed by atoms with Gasteiger partial charge in [-0.25, -0.2) is 15.0 Å². The first-order valence-electron chi connectivity index (χ1n) is 6.27. The fourth-order valence-corrected chi connectivity index (χ4v) is 6.14. The summed E-state index contributed by atoms with van der Waals surface area (Å²) in [5.41, 5.74) is 1.78. The van der Waals surface area contributed by atoms with Crippen LogP contribution in [0.15, 0.2) is 11.1 Å². The molecule has 5 nitrogen and oxygen atoms in total. The number of anilines is 1. The molecule has 8 heteroatoms. The van der Waals surface area contributed by atoms with E-state index in [9.17, 15) is 0 Å². The molecule has 0 spiro atoms. The number of hydrogen-bond donors (Lipinski definition) is 1. The molecule has 0 amide bonds. The van der Waals surface area contributed by atoms with Gasteiger partial charge in [0.1, 0.15) is 25.9 Å². The Morgan fingerprint density at radius 1 is 1.11 bits per heavy atom. The van der Waals surface area contributed by atoms with Crippen LogP contribution in [0.25, 0.3) is 11.2 Å². The molecule has 0 aliphatic rings. The molecule has 0 radical (unpaired) electrons. The van der Waals surface area contributed by atoms with Crippen molar-refractivity contribution in [3.8, 4) is 0 Å². The van der Waals surface area contributed by atoms with Crippen molar-refractivity contribution in [2.45, 2.75) is 39.3 Å². The van der Waals surface area contributed by atoms with E-state index in [0.29, 0.717) is 0 Å². The monoisotopic (exact) mass is 357 g/mol. The molecule has 0 saturated heterocycles. The van der Waals surface area contributed by atoms with Crippen molar-refractivity contribution < 1.29 is 0 Å². The lowest BCUT2D eigenvalue weighted by atomic mass is 10.5. The van der Waals surface area contributed by atoms with Crippen LogP contribution in [-0.2, 0) is 0 Å². The predicted octanol–water partition coefficient (Wildman–Crippen LogP) is 3.52. The summed E-state index contributed by atoms with van der Waals surface area (Å²) in [7, 11) is -3.03. The molecule has 0 aromatic carbocycles. The summed E-state index contributed by atoms with van der Waals surface area (Å²) in [5.74, 6) is 0.849. The lowest BCUT2D eigenvalue weighted by Crippen LogP contribution is -2.33. The second kappa shape index (κ2) is 4.67. The maximum absolute atomic E-state index is 4.61. The lowest BCUT2D eigenvalue weighted by molar-refractivity contribution is 1.08. The van der Waals surface area contributed by atoms with Crippen LogP contribution in [0.4, 0.5) is 5.82 Å². The maximum Gasteiger partial charge on any atom is 0.171 e. The number of nitrogens with zero attached hydrogens (tertiary/aromatic N) is 4. The number of imidazole rings is 1. The minimum Gasteiger partial charge on any atom is -0.394 e. The van der Waals surface area contributed by atoms with Gasteiger partial charge in [0.05, 0.1) is 0 Å². The minimum atomic E-state index is -1.57. The first-order valence-corrected chi connectivity index (χ1v) is 14.0. The van der Waals surface area contributed by atoms with Crippen molar-refractivity contribution >= 4 is 49.4 Å². The molecule has 0 fully saturated rings. The second-order valence-corrected chi connectivity index (χ2v) is 16.9. The van der Waals surface area contributed by atoms with Crippen molar-refractivity contribution in [2.24, 2.45) is 0 Å². The van der Waals surface area contributed by atoms with Gasteiger partial charge in [0, 0.05) is 0 Å². The fraction of sp³-hybridized carbons (Fsp3) is 0.545. The average molecular weight is 358 g/mol. The van der Waals surface area contributed by atoms with Crippen molar-refractivity contribution in [1.29, 1.82) is 0 Å². The molecule has 104 valence electrons. The predicted molar refractivity (Wildman–Crippen MR) is 88.7 cm³/mol. The molecule has 0 atom stereocenters. The van der Waals surface area contributed by atoms with E-state index in [4.69, 9.17) is 0 Å². The number of fused-ring (bicyclic) bond motifs is 1. The molecule has 1 N–H and O–H groups in total. The highest BCUT2D eigenvalue weighted by Gasteiger charge is 2.26. The van der Waals surface area contributed by atoms with Gasteiger partial charge in [-0.3, -0.25) is 0 Å². The summed E-state index contributed by atoms with van der Waals surface area (Å²) in [6, 6.07) is 0. The minimum absolute atomic E-state index is 0.848. The Hall–Kier alpha value is -0.736. The molecular formula is C11H20BrN5Si2. The molecule has 2 rings (SSSR count). The number of nitrogens with one attached hydrogen (secondary N) is 1. The van der Waals surface area contributed by atoms with E-state index in [0.717, 1.165) is 21.7 Å². The molecule has 2 heterocycles. The zero-order chi connectivity index (χ0) is 14.4. The van der Waals surface area contributed by atoms with Gasteiger partial charge in [0.25, 0.3) is 0 Å². The Balaban J connectivity index is 2.66. The van der Waals surface area contributed by atoms with E-state index in [2.05, 4.69) is 79.4 Å². The molecule has 19 heavy (non-hydrogen) atoms. The second-order valence-electron chi connectivity index (χ2n) is 6.66. The average Bonchev–Trinajstić information content (AvgIpc) is 2.52. The summed E-state index contributed by atoms with van der Waals surface area (Å²) in [6.45, 7) is 13.5. The Morgan fingerprint density at radius 3 is 2.26 bits per heavy atom. The van der Waals surface area contributed by atoms with E-state index in [1.807, 2.05) is 0 Å². The Kier molecular flexibility index (Phi) is 3.61. The molecule has 2 aromatic rings. The topological polar surface area (TPSA) is 55.6 Å². The Morgan fingerprint density at radius 2 is 1.74 bits per heavy atom. The SMILES string of the molecule is C[Si](C)(C)Nc1ncnc2c1nc(Br)n2[Si](C)(C)C. The lowest BCUT2D eigenvalue weighted by Gasteiger charge is -2.20. The van der Waals surface area contributed by atoms with Gasteiger partial charge >= 0.3 is 0 Å². The highest BCUT2D eigenvalue weighted by molar-refractivity contribution is 9.10. The van der Waals surface area contributed by atoms with E-state index in [-0.39, 0.29) is 0 Å². The number of rotatable bonds is 3. The molecule has 2 aromatic heterocycles. The van der Waals surface area contributed by atoms with E-state index < -0.39 is 16.5 Å². The van der Waals surface area contributed by atoms with Gasteiger partial charge in [-0.05, 0) is 15.9 Å². The zero-order valence-corrected chi connectivity index (χ0v) is 15.8. The van der Waals surface area contributed by atoms with Gasteiger partial charge in [-0.15, -0.1) is 0 Å². The smallest absolute Gasteiger partial charge is 0.171 e. The number of halogens is 1. The summed E-state index contributed by atoms with van der Waals surface area (Å²) in [4.78, 5) is 16.9. The first kappa shape index (κ1) is 14.7. The van der Waals surface area contributed by atoms with Crippen molar-refractivity contribution in [1.82, 2.24) is 19.2 Å². The third-order valence-corrected chi connectivity index (χ3v) is 6.18. The standard InChI is InChI=1S/C11H20BrN5Si2/c1-18(2,3)16-9-8-10(14-7-13-9)17(11(12)15-8)19(4,5)6/h7H,1-6H3,(H,13,14,16). The summed E-state index contributed by atoms with van der Waals surface area (Å²) < 4.78 is 3.07. The first-order chi connectivity index (χ1) is 8.59. The van der Waals surface area contributed by atoms with Gasteiger partial charge < -0.3 is 9.22 Å². The van der Waals surface area contributed by atoms with Crippen LogP contribution in [0.5, 0.6) is 0 Å². The fourth-order valence-electron chi connectivity index (χ4n) is 1.91. The van der Waals surface area contributed by atoms with Gasteiger partial charge in [0.15, 0.2) is 18.6 Å². The van der Waals surface area contributed by atoms with Gasteiger partial charge in [-0.1, -0.05) is 39.3 Å². The van der Waals surface area contributed by atoms with Crippen LogP contribution in [0, 0.1) is 0 Å². The normalized spacial score (nSPS) is 13.0. The summed E-state index contributed by atoms with van der Waals surface area (Å²) >= 11 is 3.56. The van der Waals surface area contributed by atoms with Crippen LogP contribution in [-0.4, -0.2) is 35.7 Å². The highest BCUT2D eigenvalue weighted by Crippen LogP contribution is 2.27. The van der Waals surface area contributed by atoms with Crippen LogP contribution < -0.4 is 4.98 Å². The Bertz CT molecular complexity index is 612. The molecule has 0 saturated carbocycles. The molecule has 0 bridgehead atoms. The third kappa shape index (κ3) is 3.06. The summed E-state index contributed by atoms with van der Waals surface area (Å²) in [6.07, 6.45) is 1.62. The van der Waals surface area contributed by atoms with E-state index in [1.54, 1.807) is 6.33 Å². The largest absolute Gasteiger partial charge is 0.394 e. The summed E-state index contributed by atoms with van der Waals surface area (Å²) in [5, 5.41) is 0. The number of hydrogen-bond acceptors (Lipinski definition) is 4. The van der Waals surface area contributed by atoms with Crippen molar-refractivity contribution in [2.75, 3.05) is 4.98 Å². The molecule has 0 aliphatic heterocycles. The maximum atomic E-state index is 4.61. The van der Waals surface area contributed by atoms with E-state index >= 15 is 0 Å². The van der Waals surface area contributed by atoms with Crippen LogP contribution in [0.2, 0.25) is 39.3 Å². The van der Waals surface area contributed by atoms with Crippen molar-refractivity contribution in [3.05, 3.63) is 11.1 Å². The van der Waals surface area contributed by atoms with Gasteiger partial charge in [-0.2, -0.15) is 0 Å². The third-order valence-electron chi connectivity index (χ3n) is 2.57. The quantitative estimate of drug-likeness (QED) is 0.674. The van der Waals surface area contributed by atoms with Crippen molar-refractivity contribution in [3.63, 3.8) is 0 Å². The van der Waals surface area contributed by atoms with Crippen LogP contribution in [0.3, 0.4) is 0 Å².